The van der Waals surface area contributed by atoms with Gasteiger partial charge in [-0.15, -0.1) is 0 Å². The topological polar surface area (TPSA) is 58.9 Å². The molecule has 4 nitrogen and oxygen atoms in total. The molecule has 0 fully saturated rings. The molecule has 0 radical (unpaired) electrons. The molecule has 0 aliphatic heterocycles. The molecule has 3 aromatic rings. The van der Waals surface area contributed by atoms with Crippen LogP contribution in [0.4, 0.5) is 0 Å². The molecule has 1 aromatic carbocycles. The summed E-state index contributed by atoms with van der Waals surface area (Å²) in [7, 11) is 0. The van der Waals surface area contributed by atoms with E-state index in [9.17, 15) is 5.11 Å². The quantitative estimate of drug-likeness (QED) is 0.670. The Balaban J connectivity index is 2.32. The summed E-state index contributed by atoms with van der Waals surface area (Å²) in [5, 5.41) is 11.1. The number of phenolic OH excluding ortho intramolecular Hbond substituents is 1. The van der Waals surface area contributed by atoms with E-state index in [1.165, 1.54) is 23.6 Å². The van der Waals surface area contributed by atoms with E-state index in [0.29, 0.717) is 21.0 Å². The van der Waals surface area contributed by atoms with Gasteiger partial charge in [-0.25, -0.2) is 15.0 Å². The van der Waals surface area contributed by atoms with Gasteiger partial charge in [0, 0.05) is 12.4 Å². The molecule has 0 saturated heterocycles. The molecule has 1 N–H and O–H groups in total. The van der Waals surface area contributed by atoms with Crippen molar-refractivity contribution in [2.45, 2.75) is 0 Å². The van der Waals surface area contributed by atoms with Crippen LogP contribution >= 0.6 is 46.1 Å². The Bertz CT molecular complexity index is 731. The van der Waals surface area contributed by atoms with Crippen molar-refractivity contribution in [1.82, 2.24) is 15.0 Å². The maximum absolute atomic E-state index is 10.0. The van der Waals surface area contributed by atoms with Gasteiger partial charge in [0.25, 0.3) is 0 Å². The Labute approximate surface area is 126 Å². The number of nitrogens with zero attached hydrogens (tertiary/aromatic N) is 3. The van der Waals surface area contributed by atoms with Crippen LogP contribution < -0.4 is 0 Å². The van der Waals surface area contributed by atoms with E-state index in [1.807, 2.05) is 0 Å². The number of phenols is 1. The predicted octanol–water partition coefficient (Wildman–Crippen LogP) is 4.42. The van der Waals surface area contributed by atoms with Crippen molar-refractivity contribution in [3.8, 4) is 16.3 Å². The summed E-state index contributed by atoms with van der Waals surface area (Å²) in [6.45, 7) is 0. The van der Waals surface area contributed by atoms with Gasteiger partial charge in [-0.1, -0.05) is 46.1 Å². The number of aromatic hydroxyl groups is 1. The van der Waals surface area contributed by atoms with Crippen LogP contribution in [0, 0.1) is 0 Å². The average molecular weight is 333 g/mol. The lowest BCUT2D eigenvalue weighted by atomic mass is 10.2. The molecule has 96 valence electrons. The Kier molecular flexibility index (Phi) is 3.22. The highest BCUT2D eigenvalue weighted by atomic mass is 35.5. The zero-order chi connectivity index (χ0) is 13.6. The summed E-state index contributed by atoms with van der Waals surface area (Å²) in [4.78, 5) is 13.1. The van der Waals surface area contributed by atoms with Crippen molar-refractivity contribution in [1.29, 1.82) is 0 Å². The zero-order valence-corrected chi connectivity index (χ0v) is 12.1. The van der Waals surface area contributed by atoms with Crippen molar-refractivity contribution in [2.24, 2.45) is 0 Å². The lowest BCUT2D eigenvalue weighted by Gasteiger charge is -2.07. The van der Waals surface area contributed by atoms with Crippen molar-refractivity contribution >= 4 is 56.6 Å². The second kappa shape index (κ2) is 4.76. The first-order valence-corrected chi connectivity index (χ1v) is 6.97. The van der Waals surface area contributed by atoms with E-state index in [-0.39, 0.29) is 20.8 Å². The average Bonchev–Trinajstić information content (AvgIpc) is 2.80. The molecule has 8 heteroatoms. The molecule has 0 unspecified atom stereocenters. The largest absolute Gasteiger partial charge is 0.506 e. The highest BCUT2D eigenvalue weighted by molar-refractivity contribution is 7.21. The molecule has 0 aliphatic carbocycles. The van der Waals surface area contributed by atoms with Gasteiger partial charge >= 0.3 is 0 Å². The van der Waals surface area contributed by atoms with Gasteiger partial charge in [-0.3, -0.25) is 0 Å². The summed E-state index contributed by atoms with van der Waals surface area (Å²) in [5.41, 5.74) is 0.776. The summed E-state index contributed by atoms with van der Waals surface area (Å²) >= 11 is 19.2. The molecule has 19 heavy (non-hydrogen) atoms. The normalized spacial score (nSPS) is 11.1. The fourth-order valence-electron chi connectivity index (χ4n) is 1.57. The molecule has 3 rings (SSSR count). The highest BCUT2D eigenvalue weighted by Crippen LogP contribution is 2.46. The van der Waals surface area contributed by atoms with Gasteiger partial charge in [-0.05, 0) is 6.07 Å². The number of halogens is 3. The van der Waals surface area contributed by atoms with Gasteiger partial charge in [-0.2, -0.15) is 0 Å². The second-order valence-corrected chi connectivity index (χ2v) is 5.75. The van der Waals surface area contributed by atoms with E-state index in [4.69, 9.17) is 34.8 Å². The number of fused-ring (bicyclic) bond motifs is 1. The molecule has 2 heterocycles. The molecular formula is C11H4Cl3N3OS. The number of aromatic nitrogens is 3. The number of rotatable bonds is 1. The predicted molar refractivity (Wildman–Crippen MR) is 77.3 cm³/mol. The molecule has 0 atom stereocenters. The van der Waals surface area contributed by atoms with E-state index in [2.05, 4.69) is 15.0 Å². The van der Waals surface area contributed by atoms with Gasteiger partial charge in [0.05, 0.1) is 20.6 Å². The molecule has 0 bridgehead atoms. The number of benzene rings is 1. The third kappa shape index (κ3) is 2.12. The molecule has 2 aromatic heterocycles. The van der Waals surface area contributed by atoms with E-state index in [0.717, 1.165) is 0 Å². The zero-order valence-electron chi connectivity index (χ0n) is 9.06. The van der Waals surface area contributed by atoms with Crippen molar-refractivity contribution in [2.75, 3.05) is 0 Å². The smallest absolute Gasteiger partial charge is 0.190 e. The molecule has 0 aliphatic rings. The highest BCUT2D eigenvalue weighted by Gasteiger charge is 2.20. The summed E-state index contributed by atoms with van der Waals surface area (Å²) in [6, 6.07) is 1.38. The van der Waals surface area contributed by atoms with Crippen molar-refractivity contribution in [3.05, 3.63) is 33.5 Å². The van der Waals surface area contributed by atoms with Crippen LogP contribution in [-0.2, 0) is 0 Å². The Morgan fingerprint density at radius 2 is 1.79 bits per heavy atom. The van der Waals surface area contributed by atoms with Gasteiger partial charge < -0.3 is 5.11 Å². The number of hydrogen-bond acceptors (Lipinski definition) is 5. The maximum atomic E-state index is 10.0. The van der Waals surface area contributed by atoms with E-state index < -0.39 is 0 Å². The van der Waals surface area contributed by atoms with Crippen molar-refractivity contribution in [3.63, 3.8) is 0 Å². The minimum absolute atomic E-state index is 0.115. The van der Waals surface area contributed by atoms with Crippen LogP contribution in [0.3, 0.4) is 0 Å². The summed E-state index contributed by atoms with van der Waals surface area (Å²) < 4.78 is 0. The third-order valence-electron chi connectivity index (χ3n) is 2.41. The van der Waals surface area contributed by atoms with Gasteiger partial charge in [0.1, 0.15) is 10.8 Å². The molecular weight excluding hydrogens is 329 g/mol. The second-order valence-electron chi connectivity index (χ2n) is 3.58. The summed E-state index contributed by atoms with van der Waals surface area (Å²) in [5.74, 6) is -0.157. The lowest BCUT2D eigenvalue weighted by molar-refractivity contribution is 0.477. The van der Waals surface area contributed by atoms with Crippen LogP contribution in [-0.4, -0.2) is 20.1 Å². The van der Waals surface area contributed by atoms with Crippen LogP contribution in [0.1, 0.15) is 0 Å². The maximum Gasteiger partial charge on any atom is 0.190 e. The van der Waals surface area contributed by atoms with Gasteiger partial charge in [0.2, 0.25) is 0 Å². The van der Waals surface area contributed by atoms with Crippen molar-refractivity contribution < 1.29 is 5.11 Å². The Hall–Kier alpha value is -1.14. The van der Waals surface area contributed by atoms with Crippen LogP contribution in [0.5, 0.6) is 5.75 Å². The third-order valence-corrected chi connectivity index (χ3v) is 4.45. The molecule has 0 spiro atoms. The first-order valence-electron chi connectivity index (χ1n) is 5.02. The number of thiazole rings is 1. The van der Waals surface area contributed by atoms with Gasteiger partial charge in [0.15, 0.2) is 10.5 Å². The standard InChI is InChI=1S/C11H4Cl3N3OS/c12-4-3-5(13)8(18)6(7(4)14)10-17-9-11(19-10)16-2-1-15-9/h1-3,18H. The minimum atomic E-state index is -0.157. The van der Waals surface area contributed by atoms with E-state index >= 15 is 0 Å². The first-order chi connectivity index (χ1) is 9.08. The fourth-order valence-corrected chi connectivity index (χ4v) is 3.24. The Morgan fingerprint density at radius 3 is 2.53 bits per heavy atom. The first kappa shape index (κ1) is 12.9. The van der Waals surface area contributed by atoms with Crippen LogP contribution in [0.2, 0.25) is 15.1 Å². The SMILES string of the molecule is Oc1c(Cl)cc(Cl)c(Cl)c1-c1nc2nccnc2s1. The Morgan fingerprint density at radius 1 is 1.05 bits per heavy atom. The van der Waals surface area contributed by atoms with Crippen LogP contribution in [0.25, 0.3) is 21.0 Å². The lowest BCUT2D eigenvalue weighted by Crippen LogP contribution is -1.83. The van der Waals surface area contributed by atoms with Crippen LogP contribution in [0.15, 0.2) is 18.5 Å². The monoisotopic (exact) mass is 331 g/mol. The number of hydrogen-bond donors (Lipinski definition) is 1. The molecule has 0 saturated carbocycles. The summed E-state index contributed by atoms with van der Waals surface area (Å²) in [6.07, 6.45) is 3.11. The fraction of sp³-hybridized carbons (Fsp3) is 0. The minimum Gasteiger partial charge on any atom is -0.506 e. The van der Waals surface area contributed by atoms with E-state index in [1.54, 1.807) is 6.20 Å². The molecule has 0 amide bonds.